The van der Waals surface area contributed by atoms with E-state index in [1.807, 2.05) is 30.7 Å². The summed E-state index contributed by atoms with van der Waals surface area (Å²) in [5, 5.41) is 13.1. The van der Waals surface area contributed by atoms with Crippen molar-refractivity contribution >= 4 is 35.0 Å². The first-order valence-corrected chi connectivity index (χ1v) is 9.57. The lowest BCUT2D eigenvalue weighted by atomic mass is 10.1. The Morgan fingerprint density at radius 1 is 1.26 bits per heavy atom. The standard InChI is InChI=1S/C20H17ClN4OS/c1-13-7-14(2)9-17(8-13)25-6-5-23-20(25)27-12-19(26)24-18-10-16(21)4-3-15(18)11-22/h3-10H,12H2,1-2H3,(H,24,26). The van der Waals surface area contributed by atoms with Crippen molar-refractivity contribution < 1.29 is 4.79 Å². The number of carbonyl (C=O) groups is 1. The molecule has 0 aliphatic heterocycles. The number of carbonyl (C=O) groups excluding carboxylic acids is 1. The quantitative estimate of drug-likeness (QED) is 0.632. The Balaban J connectivity index is 1.71. The lowest BCUT2D eigenvalue weighted by Gasteiger charge is -2.10. The molecule has 1 N–H and O–H groups in total. The fraction of sp³-hybridized carbons (Fsp3) is 0.150. The summed E-state index contributed by atoms with van der Waals surface area (Å²) in [6.45, 7) is 4.09. The molecule has 0 saturated carbocycles. The van der Waals surface area contributed by atoms with Crippen molar-refractivity contribution in [3.8, 4) is 11.8 Å². The number of nitrogens with zero attached hydrogens (tertiary/aromatic N) is 3. The highest BCUT2D eigenvalue weighted by atomic mass is 35.5. The van der Waals surface area contributed by atoms with Gasteiger partial charge in [0.2, 0.25) is 5.91 Å². The molecule has 0 fully saturated rings. The summed E-state index contributed by atoms with van der Waals surface area (Å²) in [6, 6.07) is 13.1. The molecule has 1 amide bonds. The van der Waals surface area contributed by atoms with Gasteiger partial charge in [-0.3, -0.25) is 9.36 Å². The maximum absolute atomic E-state index is 12.3. The van der Waals surface area contributed by atoms with Crippen LogP contribution in [0.2, 0.25) is 5.02 Å². The van der Waals surface area contributed by atoms with Crippen LogP contribution in [-0.2, 0) is 4.79 Å². The number of thioether (sulfide) groups is 1. The highest BCUT2D eigenvalue weighted by Gasteiger charge is 2.12. The molecule has 136 valence electrons. The maximum Gasteiger partial charge on any atom is 0.234 e. The molecule has 27 heavy (non-hydrogen) atoms. The highest BCUT2D eigenvalue weighted by Crippen LogP contribution is 2.24. The SMILES string of the molecule is Cc1cc(C)cc(-n2ccnc2SCC(=O)Nc2cc(Cl)ccc2C#N)c1. The van der Waals surface area contributed by atoms with Crippen LogP contribution in [0, 0.1) is 25.2 Å². The second-order valence-electron chi connectivity index (χ2n) is 6.06. The third-order valence-corrected chi connectivity index (χ3v) is 5.00. The minimum absolute atomic E-state index is 0.166. The molecule has 0 saturated heterocycles. The summed E-state index contributed by atoms with van der Waals surface area (Å²) in [4.78, 5) is 16.7. The predicted octanol–water partition coefficient (Wildman–Crippen LogP) is 4.75. The van der Waals surface area contributed by atoms with E-state index in [2.05, 4.69) is 28.5 Å². The van der Waals surface area contributed by atoms with Crippen LogP contribution >= 0.6 is 23.4 Å². The van der Waals surface area contributed by atoms with Crippen molar-refractivity contribution in [3.05, 3.63) is 70.5 Å². The van der Waals surface area contributed by atoms with E-state index in [-0.39, 0.29) is 11.7 Å². The van der Waals surface area contributed by atoms with Gasteiger partial charge in [0.15, 0.2) is 5.16 Å². The number of aryl methyl sites for hydroxylation is 2. The first kappa shape index (κ1) is 19.0. The number of hydrogen-bond acceptors (Lipinski definition) is 4. The topological polar surface area (TPSA) is 70.7 Å². The van der Waals surface area contributed by atoms with Crippen molar-refractivity contribution in [1.82, 2.24) is 9.55 Å². The van der Waals surface area contributed by atoms with Gasteiger partial charge in [-0.15, -0.1) is 0 Å². The van der Waals surface area contributed by atoms with E-state index in [9.17, 15) is 4.79 Å². The predicted molar refractivity (Wildman–Crippen MR) is 109 cm³/mol. The van der Waals surface area contributed by atoms with Gasteiger partial charge in [-0.1, -0.05) is 29.4 Å². The number of benzene rings is 2. The van der Waals surface area contributed by atoms with E-state index in [4.69, 9.17) is 16.9 Å². The number of amides is 1. The van der Waals surface area contributed by atoms with E-state index >= 15 is 0 Å². The molecule has 0 unspecified atom stereocenters. The number of rotatable bonds is 5. The Kier molecular flexibility index (Phi) is 5.84. The molecule has 0 radical (unpaired) electrons. The number of aromatic nitrogens is 2. The van der Waals surface area contributed by atoms with Gasteiger partial charge in [-0.2, -0.15) is 5.26 Å². The average Bonchev–Trinajstić information content (AvgIpc) is 3.08. The van der Waals surface area contributed by atoms with Gasteiger partial charge < -0.3 is 5.32 Å². The third kappa shape index (κ3) is 4.70. The van der Waals surface area contributed by atoms with E-state index in [1.54, 1.807) is 24.4 Å². The Morgan fingerprint density at radius 2 is 2.00 bits per heavy atom. The lowest BCUT2D eigenvalue weighted by Crippen LogP contribution is -2.15. The minimum Gasteiger partial charge on any atom is -0.324 e. The Labute approximate surface area is 167 Å². The van der Waals surface area contributed by atoms with Crippen molar-refractivity contribution in [2.45, 2.75) is 19.0 Å². The van der Waals surface area contributed by atoms with Gasteiger partial charge in [-0.05, 0) is 55.3 Å². The Morgan fingerprint density at radius 3 is 2.70 bits per heavy atom. The smallest absolute Gasteiger partial charge is 0.234 e. The molecule has 5 nitrogen and oxygen atoms in total. The zero-order chi connectivity index (χ0) is 19.4. The van der Waals surface area contributed by atoms with Crippen LogP contribution in [0.5, 0.6) is 0 Å². The van der Waals surface area contributed by atoms with Crippen molar-refractivity contribution in [1.29, 1.82) is 5.26 Å². The molecule has 3 aromatic rings. The molecule has 0 spiro atoms. The van der Waals surface area contributed by atoms with E-state index < -0.39 is 0 Å². The number of nitriles is 1. The fourth-order valence-corrected chi connectivity index (χ4v) is 3.66. The summed E-state index contributed by atoms with van der Waals surface area (Å²) in [5.41, 5.74) is 4.12. The molecule has 3 rings (SSSR count). The molecule has 0 atom stereocenters. The van der Waals surface area contributed by atoms with Gasteiger partial charge in [0.1, 0.15) is 6.07 Å². The first-order valence-electron chi connectivity index (χ1n) is 8.20. The first-order chi connectivity index (χ1) is 13.0. The van der Waals surface area contributed by atoms with Gasteiger partial charge in [0.05, 0.1) is 17.0 Å². The summed E-state index contributed by atoms with van der Waals surface area (Å²) in [7, 11) is 0. The minimum atomic E-state index is -0.228. The van der Waals surface area contributed by atoms with Crippen LogP contribution in [0.1, 0.15) is 16.7 Å². The van der Waals surface area contributed by atoms with Crippen LogP contribution in [0.15, 0.2) is 53.9 Å². The molecular formula is C20H17ClN4OS. The normalized spacial score (nSPS) is 10.4. The van der Waals surface area contributed by atoms with Crippen molar-refractivity contribution in [2.75, 3.05) is 11.1 Å². The molecule has 0 bridgehead atoms. The largest absolute Gasteiger partial charge is 0.324 e. The van der Waals surface area contributed by atoms with Gasteiger partial charge in [0, 0.05) is 23.1 Å². The number of halogens is 1. The van der Waals surface area contributed by atoms with Crippen LogP contribution < -0.4 is 5.32 Å². The van der Waals surface area contributed by atoms with Gasteiger partial charge in [0.25, 0.3) is 0 Å². The van der Waals surface area contributed by atoms with E-state index in [1.165, 1.54) is 11.8 Å². The molecule has 0 aliphatic carbocycles. The number of imidazole rings is 1. The van der Waals surface area contributed by atoms with Crippen LogP contribution in [0.3, 0.4) is 0 Å². The van der Waals surface area contributed by atoms with Crippen LogP contribution in [0.4, 0.5) is 5.69 Å². The Bertz CT molecular complexity index is 1020. The highest BCUT2D eigenvalue weighted by molar-refractivity contribution is 7.99. The summed E-state index contributed by atoms with van der Waals surface area (Å²) >= 11 is 7.28. The van der Waals surface area contributed by atoms with E-state index in [0.29, 0.717) is 16.3 Å². The fourth-order valence-electron chi connectivity index (χ4n) is 2.72. The number of anilines is 1. The van der Waals surface area contributed by atoms with Gasteiger partial charge in [-0.25, -0.2) is 4.98 Å². The van der Waals surface area contributed by atoms with Crippen molar-refractivity contribution in [3.63, 3.8) is 0 Å². The molecule has 2 aromatic carbocycles. The second-order valence-corrected chi connectivity index (χ2v) is 7.44. The van der Waals surface area contributed by atoms with Crippen molar-refractivity contribution in [2.24, 2.45) is 0 Å². The Hall–Kier alpha value is -2.75. The molecule has 1 heterocycles. The summed E-state index contributed by atoms with van der Waals surface area (Å²) in [5.74, 6) is -0.0622. The average molecular weight is 397 g/mol. The molecule has 7 heteroatoms. The maximum atomic E-state index is 12.3. The summed E-state index contributed by atoms with van der Waals surface area (Å²) < 4.78 is 1.96. The summed E-state index contributed by atoms with van der Waals surface area (Å²) in [6.07, 6.45) is 3.59. The van der Waals surface area contributed by atoms with Crippen LogP contribution in [-0.4, -0.2) is 21.2 Å². The van der Waals surface area contributed by atoms with Crippen LogP contribution in [0.25, 0.3) is 5.69 Å². The second kappa shape index (κ2) is 8.30. The monoisotopic (exact) mass is 396 g/mol. The lowest BCUT2D eigenvalue weighted by molar-refractivity contribution is -0.113. The van der Waals surface area contributed by atoms with Gasteiger partial charge >= 0.3 is 0 Å². The number of nitrogens with one attached hydrogen (secondary N) is 1. The van der Waals surface area contributed by atoms with E-state index in [0.717, 1.165) is 22.0 Å². The molecule has 1 aromatic heterocycles. The third-order valence-electron chi connectivity index (χ3n) is 3.80. The zero-order valence-electron chi connectivity index (χ0n) is 14.9. The number of hydrogen-bond donors (Lipinski definition) is 1. The zero-order valence-corrected chi connectivity index (χ0v) is 16.4. The molecule has 0 aliphatic rings. The molecular weight excluding hydrogens is 380 g/mol.